The molecule has 0 radical (unpaired) electrons. The molecule has 5 nitrogen and oxygen atoms in total. The number of carbonyl (C=O) groups is 1. The predicted molar refractivity (Wildman–Crippen MR) is 86.6 cm³/mol. The van der Waals surface area contributed by atoms with E-state index < -0.39 is 0 Å². The van der Waals surface area contributed by atoms with Crippen LogP contribution in [0.3, 0.4) is 0 Å². The molecule has 0 heterocycles. The minimum Gasteiger partial charge on any atom is -0.370 e. The summed E-state index contributed by atoms with van der Waals surface area (Å²) >= 11 is 0. The molecule has 2 amide bonds. The van der Waals surface area contributed by atoms with Crippen molar-refractivity contribution >= 4 is 17.7 Å². The first kappa shape index (κ1) is 15.4. The summed E-state index contributed by atoms with van der Waals surface area (Å²) in [6, 6.07) is 5.79. The van der Waals surface area contributed by atoms with Crippen molar-refractivity contribution < 1.29 is 4.79 Å². The largest absolute Gasteiger partial charge is 0.370 e. The van der Waals surface area contributed by atoms with E-state index in [0.717, 1.165) is 29.7 Å². The van der Waals surface area contributed by atoms with Crippen LogP contribution in [-0.4, -0.2) is 18.0 Å². The van der Waals surface area contributed by atoms with E-state index in [2.05, 4.69) is 15.6 Å². The van der Waals surface area contributed by atoms with Crippen LogP contribution in [0.5, 0.6) is 0 Å². The first-order valence-corrected chi connectivity index (χ1v) is 7.54. The summed E-state index contributed by atoms with van der Waals surface area (Å²) in [5, 5.41) is 5.44. The predicted octanol–water partition coefficient (Wildman–Crippen LogP) is 3.07. The van der Waals surface area contributed by atoms with Crippen LogP contribution in [-0.2, 0) is 0 Å². The number of nitrogens with zero attached hydrogens (tertiary/aromatic N) is 1. The number of hydrogen-bond acceptors (Lipinski definition) is 2. The molecule has 0 aromatic heterocycles. The van der Waals surface area contributed by atoms with E-state index in [4.69, 9.17) is 5.73 Å². The van der Waals surface area contributed by atoms with Gasteiger partial charge in [0.05, 0.1) is 6.04 Å². The molecule has 1 fully saturated rings. The van der Waals surface area contributed by atoms with Crippen molar-refractivity contribution in [1.29, 1.82) is 0 Å². The smallest absolute Gasteiger partial charge is 0.326 e. The van der Waals surface area contributed by atoms with E-state index in [0.29, 0.717) is 0 Å². The van der Waals surface area contributed by atoms with Gasteiger partial charge in [0.1, 0.15) is 0 Å². The van der Waals surface area contributed by atoms with Crippen molar-refractivity contribution in [2.75, 3.05) is 5.32 Å². The van der Waals surface area contributed by atoms with Crippen molar-refractivity contribution in [3.05, 3.63) is 29.3 Å². The molecule has 1 aromatic carbocycles. The molecular weight excluding hydrogens is 264 g/mol. The van der Waals surface area contributed by atoms with Gasteiger partial charge in [0.2, 0.25) is 0 Å². The van der Waals surface area contributed by atoms with Crippen molar-refractivity contribution in [2.45, 2.75) is 52.0 Å². The van der Waals surface area contributed by atoms with Gasteiger partial charge in [-0.05, 0) is 37.8 Å². The molecule has 0 unspecified atom stereocenters. The number of aliphatic imine (C=N–C) groups is 1. The molecular formula is C16H24N4O. The monoisotopic (exact) mass is 288 g/mol. The third kappa shape index (κ3) is 4.48. The van der Waals surface area contributed by atoms with Gasteiger partial charge in [0.25, 0.3) is 0 Å². The van der Waals surface area contributed by atoms with Gasteiger partial charge < -0.3 is 11.1 Å². The van der Waals surface area contributed by atoms with Crippen LogP contribution in [0, 0.1) is 13.8 Å². The summed E-state index contributed by atoms with van der Waals surface area (Å²) in [5.41, 5.74) is 8.68. The lowest BCUT2D eigenvalue weighted by molar-refractivity contribution is 0.256. The Labute approximate surface area is 126 Å². The second kappa shape index (κ2) is 7.11. The Bertz CT molecular complexity index is 513. The fourth-order valence-corrected chi connectivity index (χ4v) is 2.71. The third-order valence-electron chi connectivity index (χ3n) is 3.86. The van der Waals surface area contributed by atoms with E-state index in [9.17, 15) is 4.79 Å². The summed E-state index contributed by atoms with van der Waals surface area (Å²) in [7, 11) is 0. The fraction of sp³-hybridized carbons (Fsp3) is 0.500. The number of hydrogen-bond donors (Lipinski definition) is 3. The Balaban J connectivity index is 1.93. The first-order chi connectivity index (χ1) is 10.1. The lowest BCUT2D eigenvalue weighted by Crippen LogP contribution is -2.40. The summed E-state index contributed by atoms with van der Waals surface area (Å²) in [5.74, 6) is 0.200. The van der Waals surface area contributed by atoms with Crippen LogP contribution in [0.15, 0.2) is 23.2 Å². The van der Waals surface area contributed by atoms with E-state index >= 15 is 0 Å². The molecule has 4 N–H and O–H groups in total. The lowest BCUT2D eigenvalue weighted by atomic mass is 9.96. The molecule has 0 atom stereocenters. The van der Waals surface area contributed by atoms with Crippen LogP contribution in [0.1, 0.15) is 43.2 Å². The van der Waals surface area contributed by atoms with Crippen molar-refractivity contribution in [3.8, 4) is 0 Å². The van der Waals surface area contributed by atoms with Crippen LogP contribution >= 0.6 is 0 Å². The molecule has 21 heavy (non-hydrogen) atoms. The quantitative estimate of drug-likeness (QED) is 0.577. The molecule has 1 saturated carbocycles. The standard InChI is InChI=1S/C16H24N4O/c1-11-7-6-8-12(2)14(11)19-16(21)20-15(17)18-13-9-4-3-5-10-13/h6-8,13H,3-5,9-10H2,1-2H3,(H4,17,18,19,20,21). The van der Waals surface area contributed by atoms with Crippen molar-refractivity contribution in [3.63, 3.8) is 0 Å². The number of carbonyl (C=O) groups excluding carboxylic acids is 1. The van der Waals surface area contributed by atoms with Gasteiger partial charge in [-0.25, -0.2) is 9.79 Å². The molecule has 0 aliphatic heterocycles. The number of nitrogens with one attached hydrogen (secondary N) is 2. The van der Waals surface area contributed by atoms with Crippen LogP contribution in [0.25, 0.3) is 0 Å². The van der Waals surface area contributed by atoms with E-state index in [1.165, 1.54) is 19.3 Å². The zero-order chi connectivity index (χ0) is 15.2. The van der Waals surface area contributed by atoms with E-state index in [1.54, 1.807) is 0 Å². The highest BCUT2D eigenvalue weighted by Gasteiger charge is 2.13. The molecule has 1 aliphatic carbocycles. The molecule has 1 aromatic rings. The maximum Gasteiger partial charge on any atom is 0.326 e. The van der Waals surface area contributed by atoms with E-state index in [1.807, 2.05) is 32.0 Å². The number of guanidine groups is 1. The van der Waals surface area contributed by atoms with Crippen molar-refractivity contribution in [1.82, 2.24) is 5.32 Å². The minimum atomic E-state index is -0.343. The van der Waals surface area contributed by atoms with Gasteiger partial charge in [-0.15, -0.1) is 0 Å². The van der Waals surface area contributed by atoms with Crippen LogP contribution in [0.2, 0.25) is 0 Å². The van der Waals surface area contributed by atoms with Gasteiger partial charge in [0, 0.05) is 5.69 Å². The van der Waals surface area contributed by atoms with E-state index in [-0.39, 0.29) is 18.0 Å². The molecule has 5 heteroatoms. The summed E-state index contributed by atoms with van der Waals surface area (Å²) in [6.45, 7) is 3.92. The Morgan fingerprint density at radius 1 is 1.19 bits per heavy atom. The average Bonchev–Trinajstić information content (AvgIpc) is 2.44. The lowest BCUT2D eigenvalue weighted by Gasteiger charge is -2.18. The molecule has 0 spiro atoms. The zero-order valence-corrected chi connectivity index (χ0v) is 12.8. The Kier molecular flexibility index (Phi) is 5.20. The number of aryl methyl sites for hydroxylation is 2. The number of anilines is 1. The maximum atomic E-state index is 12.0. The number of urea groups is 1. The maximum absolute atomic E-state index is 12.0. The normalized spacial score (nSPS) is 16.6. The molecule has 1 aliphatic rings. The van der Waals surface area contributed by atoms with Gasteiger partial charge in [-0.2, -0.15) is 0 Å². The molecule has 2 rings (SSSR count). The minimum absolute atomic E-state index is 0.200. The topological polar surface area (TPSA) is 79.5 Å². The summed E-state index contributed by atoms with van der Waals surface area (Å²) < 4.78 is 0. The van der Waals surface area contributed by atoms with Crippen LogP contribution < -0.4 is 16.4 Å². The second-order valence-electron chi connectivity index (χ2n) is 5.65. The van der Waals surface area contributed by atoms with Gasteiger partial charge in [-0.1, -0.05) is 37.5 Å². The molecule has 0 bridgehead atoms. The summed E-state index contributed by atoms with van der Waals surface area (Å²) in [4.78, 5) is 16.4. The second-order valence-corrected chi connectivity index (χ2v) is 5.65. The number of benzene rings is 1. The van der Waals surface area contributed by atoms with Gasteiger partial charge >= 0.3 is 6.03 Å². The third-order valence-corrected chi connectivity index (χ3v) is 3.86. The Morgan fingerprint density at radius 3 is 2.43 bits per heavy atom. The summed E-state index contributed by atoms with van der Waals surface area (Å²) in [6.07, 6.45) is 5.76. The van der Waals surface area contributed by atoms with Crippen molar-refractivity contribution in [2.24, 2.45) is 10.7 Å². The average molecular weight is 288 g/mol. The highest BCUT2D eigenvalue weighted by Crippen LogP contribution is 2.20. The number of amides is 2. The highest BCUT2D eigenvalue weighted by molar-refractivity contribution is 6.02. The number of rotatable bonds is 2. The van der Waals surface area contributed by atoms with Crippen LogP contribution in [0.4, 0.5) is 10.5 Å². The SMILES string of the molecule is Cc1cccc(C)c1NC(=O)NC(N)=NC1CCCCC1. The number of para-hydroxylation sites is 1. The number of nitrogens with two attached hydrogens (primary N) is 1. The van der Waals surface area contributed by atoms with Gasteiger partial charge in [-0.3, -0.25) is 5.32 Å². The van der Waals surface area contributed by atoms with Gasteiger partial charge in [0.15, 0.2) is 5.96 Å². The first-order valence-electron chi connectivity index (χ1n) is 7.54. The zero-order valence-electron chi connectivity index (χ0n) is 12.8. The highest BCUT2D eigenvalue weighted by atomic mass is 16.2. The molecule has 0 saturated heterocycles. The molecule has 114 valence electrons. The fourth-order valence-electron chi connectivity index (χ4n) is 2.71. The Morgan fingerprint density at radius 2 is 1.81 bits per heavy atom. The Hall–Kier alpha value is -2.04.